The van der Waals surface area contributed by atoms with Gasteiger partial charge in [-0.15, -0.1) is 0 Å². The molecule has 0 saturated carbocycles. The Morgan fingerprint density at radius 1 is 0.821 bits per heavy atom. The first-order valence-electron chi connectivity index (χ1n) is 9.70. The molecule has 1 unspecified atom stereocenters. The van der Waals surface area contributed by atoms with E-state index in [1.807, 2.05) is 0 Å². The second-order valence-electron chi connectivity index (χ2n) is 7.39. The molecule has 0 aromatic heterocycles. The van der Waals surface area contributed by atoms with Gasteiger partial charge >= 0.3 is 11.9 Å². The molecule has 4 rings (SSSR count). The van der Waals surface area contributed by atoms with Crippen LogP contribution in [0.2, 0.25) is 0 Å². The lowest BCUT2D eigenvalue weighted by atomic mass is 9.87. The first-order chi connectivity index (χ1) is 13.5. The van der Waals surface area contributed by atoms with E-state index in [1.54, 1.807) is 12.1 Å². The molecule has 6 heteroatoms. The van der Waals surface area contributed by atoms with Gasteiger partial charge in [0.25, 0.3) is 11.8 Å². The van der Waals surface area contributed by atoms with Crippen molar-refractivity contribution in [1.29, 1.82) is 0 Å². The highest BCUT2D eigenvalue weighted by Gasteiger charge is 2.38. The largest absolute Gasteiger partial charge is 0.386 e. The number of cyclic esters (lactones) is 2. The van der Waals surface area contributed by atoms with Crippen molar-refractivity contribution in [2.45, 2.75) is 39.5 Å². The summed E-state index contributed by atoms with van der Waals surface area (Å²) >= 11 is 0. The molecule has 6 nitrogen and oxygen atoms in total. The third kappa shape index (κ3) is 2.63. The Kier molecular flexibility index (Phi) is 4.49. The van der Waals surface area contributed by atoms with Gasteiger partial charge in [-0.2, -0.15) is 0 Å². The van der Waals surface area contributed by atoms with E-state index in [4.69, 9.17) is 4.74 Å². The fraction of sp³-hybridized carbons (Fsp3) is 0.364. The molecular weight excluding hydrogens is 358 g/mol. The van der Waals surface area contributed by atoms with Crippen LogP contribution in [0.15, 0.2) is 24.3 Å². The van der Waals surface area contributed by atoms with Crippen molar-refractivity contribution in [3.05, 3.63) is 46.5 Å². The lowest BCUT2D eigenvalue weighted by Gasteiger charge is -2.31. The Labute approximate surface area is 162 Å². The van der Waals surface area contributed by atoms with E-state index in [1.165, 1.54) is 17.0 Å². The number of ether oxygens (including phenoxy) is 1. The summed E-state index contributed by atoms with van der Waals surface area (Å²) in [5, 5.41) is 0.725. The van der Waals surface area contributed by atoms with Crippen LogP contribution in [0.25, 0.3) is 10.8 Å². The van der Waals surface area contributed by atoms with Crippen molar-refractivity contribution < 1.29 is 23.9 Å². The van der Waals surface area contributed by atoms with Crippen LogP contribution < -0.4 is 0 Å². The van der Waals surface area contributed by atoms with Gasteiger partial charge in [-0.25, -0.2) is 9.59 Å². The Morgan fingerprint density at radius 2 is 1.32 bits per heavy atom. The van der Waals surface area contributed by atoms with Crippen molar-refractivity contribution in [1.82, 2.24) is 4.90 Å². The van der Waals surface area contributed by atoms with Gasteiger partial charge in [-0.3, -0.25) is 14.5 Å². The maximum Gasteiger partial charge on any atom is 0.346 e. The number of esters is 2. The van der Waals surface area contributed by atoms with Gasteiger partial charge in [0.2, 0.25) is 0 Å². The van der Waals surface area contributed by atoms with Crippen LogP contribution in [0.5, 0.6) is 0 Å². The van der Waals surface area contributed by atoms with Crippen LogP contribution in [0.4, 0.5) is 0 Å². The van der Waals surface area contributed by atoms with Gasteiger partial charge in [0, 0.05) is 28.4 Å². The number of carbonyl (C=O) groups excluding carboxylic acids is 4. The Hall–Kier alpha value is -3.02. The molecule has 2 heterocycles. The second kappa shape index (κ2) is 6.86. The molecule has 144 valence electrons. The van der Waals surface area contributed by atoms with Crippen molar-refractivity contribution in [3.63, 3.8) is 0 Å². The number of rotatable bonds is 6. The highest BCUT2D eigenvalue weighted by molar-refractivity contribution is 6.31. The van der Waals surface area contributed by atoms with Gasteiger partial charge in [0.1, 0.15) is 0 Å². The fourth-order valence-electron chi connectivity index (χ4n) is 4.11. The summed E-state index contributed by atoms with van der Waals surface area (Å²) in [7, 11) is 0. The van der Waals surface area contributed by atoms with Crippen LogP contribution in [0.3, 0.4) is 0 Å². The van der Waals surface area contributed by atoms with E-state index < -0.39 is 11.9 Å². The SMILES string of the molecule is CCCCC(CC)CN1C(=O)c2ccc3c4c(ccc(c24)C1=O)C(=O)OC3=O. The topological polar surface area (TPSA) is 80.8 Å². The number of hydrogen-bond donors (Lipinski definition) is 0. The number of amides is 2. The molecule has 0 bridgehead atoms. The number of imide groups is 1. The first kappa shape index (κ1) is 18.3. The molecule has 2 aromatic rings. The number of nitrogens with zero attached hydrogens (tertiary/aromatic N) is 1. The number of carbonyl (C=O) groups is 4. The van der Waals surface area contributed by atoms with E-state index in [9.17, 15) is 19.2 Å². The zero-order chi connectivity index (χ0) is 20.0. The molecule has 0 N–H and O–H groups in total. The maximum atomic E-state index is 13.1. The van der Waals surface area contributed by atoms with Crippen molar-refractivity contribution in [2.75, 3.05) is 6.54 Å². The molecule has 0 fully saturated rings. The highest BCUT2D eigenvalue weighted by atomic mass is 16.6. The minimum absolute atomic E-state index is 0.207. The van der Waals surface area contributed by atoms with Gasteiger partial charge in [0.05, 0.1) is 11.1 Å². The zero-order valence-electron chi connectivity index (χ0n) is 15.9. The summed E-state index contributed by atoms with van der Waals surface area (Å²) in [6.07, 6.45) is 3.97. The molecular formula is C22H21NO5. The maximum absolute atomic E-state index is 13.1. The molecule has 2 aliphatic heterocycles. The molecule has 28 heavy (non-hydrogen) atoms. The Bertz CT molecular complexity index is 970. The summed E-state index contributed by atoms with van der Waals surface area (Å²) < 4.78 is 4.76. The lowest BCUT2D eigenvalue weighted by molar-refractivity contribution is 0.0388. The first-order valence-corrected chi connectivity index (χ1v) is 9.70. The van der Waals surface area contributed by atoms with Gasteiger partial charge in [-0.05, 0) is 36.6 Å². The number of hydrogen-bond acceptors (Lipinski definition) is 5. The third-order valence-corrected chi connectivity index (χ3v) is 5.72. The average molecular weight is 379 g/mol. The van der Waals surface area contributed by atoms with Crippen LogP contribution >= 0.6 is 0 Å². The molecule has 1 atom stereocenters. The lowest BCUT2D eigenvalue weighted by Crippen LogP contribution is -2.43. The molecule has 0 saturated heterocycles. The Balaban J connectivity index is 1.83. The smallest absolute Gasteiger partial charge is 0.346 e. The van der Waals surface area contributed by atoms with Gasteiger partial charge in [-0.1, -0.05) is 33.1 Å². The molecule has 2 amide bonds. The van der Waals surface area contributed by atoms with E-state index in [-0.39, 0.29) is 28.9 Å². The normalized spacial score (nSPS) is 16.6. The Morgan fingerprint density at radius 3 is 1.82 bits per heavy atom. The summed E-state index contributed by atoms with van der Waals surface area (Å²) in [5.41, 5.74) is 1.11. The predicted octanol–water partition coefficient (Wildman–Crippen LogP) is 3.96. The molecule has 2 aliphatic rings. The van der Waals surface area contributed by atoms with Gasteiger partial charge < -0.3 is 4.74 Å². The van der Waals surface area contributed by atoms with E-state index in [0.717, 1.165) is 25.7 Å². The second-order valence-corrected chi connectivity index (χ2v) is 7.39. The monoisotopic (exact) mass is 379 g/mol. The van der Waals surface area contributed by atoms with Crippen LogP contribution in [-0.2, 0) is 4.74 Å². The standard InChI is InChI=1S/C22H21NO5/c1-3-5-6-12(4-2)11-23-19(24)13-7-9-15-18-16(22(27)28-21(15)26)10-8-14(17(13)18)20(23)25/h7-10,12H,3-6,11H2,1-2H3. The minimum Gasteiger partial charge on any atom is -0.386 e. The van der Waals surface area contributed by atoms with Crippen LogP contribution in [0, 0.1) is 5.92 Å². The number of benzene rings is 2. The summed E-state index contributed by atoms with van der Waals surface area (Å²) in [6.45, 7) is 4.56. The quantitative estimate of drug-likeness (QED) is 0.431. The zero-order valence-corrected chi connectivity index (χ0v) is 15.9. The fourth-order valence-corrected chi connectivity index (χ4v) is 4.11. The minimum atomic E-state index is -0.755. The van der Waals surface area contributed by atoms with E-state index in [0.29, 0.717) is 28.4 Å². The molecule has 0 spiro atoms. The highest BCUT2D eigenvalue weighted by Crippen LogP contribution is 2.37. The molecule has 0 radical (unpaired) electrons. The average Bonchev–Trinajstić information content (AvgIpc) is 2.69. The van der Waals surface area contributed by atoms with Crippen molar-refractivity contribution in [2.24, 2.45) is 5.92 Å². The van der Waals surface area contributed by atoms with Gasteiger partial charge in [0.15, 0.2) is 0 Å². The van der Waals surface area contributed by atoms with Crippen molar-refractivity contribution >= 4 is 34.5 Å². The predicted molar refractivity (Wildman–Crippen MR) is 102 cm³/mol. The summed E-state index contributed by atoms with van der Waals surface area (Å²) in [4.78, 5) is 51.8. The third-order valence-electron chi connectivity index (χ3n) is 5.72. The summed E-state index contributed by atoms with van der Waals surface area (Å²) in [5.74, 6) is -2.01. The summed E-state index contributed by atoms with van der Waals surface area (Å²) in [6, 6.07) is 6.10. The van der Waals surface area contributed by atoms with Crippen LogP contribution in [-0.4, -0.2) is 35.2 Å². The molecule has 0 aliphatic carbocycles. The number of unbranched alkanes of at least 4 members (excludes halogenated alkanes) is 1. The van der Waals surface area contributed by atoms with Crippen molar-refractivity contribution in [3.8, 4) is 0 Å². The molecule has 2 aromatic carbocycles. The van der Waals surface area contributed by atoms with E-state index >= 15 is 0 Å². The van der Waals surface area contributed by atoms with E-state index in [2.05, 4.69) is 13.8 Å². The van der Waals surface area contributed by atoms with Crippen LogP contribution in [0.1, 0.15) is 81.0 Å².